The molecule has 1 aliphatic rings. The minimum atomic E-state index is -3.27. The van der Waals surface area contributed by atoms with Gasteiger partial charge in [-0.15, -0.1) is 24.8 Å². The van der Waals surface area contributed by atoms with Gasteiger partial charge in [-0.2, -0.15) is 0 Å². The Morgan fingerprint density at radius 2 is 1.58 bits per heavy atom. The van der Waals surface area contributed by atoms with Gasteiger partial charge in [-0.3, -0.25) is 0 Å². The van der Waals surface area contributed by atoms with E-state index in [1.165, 1.54) is 31.2 Å². The molecular formula is C19H27Br2Cl2NSiZr. The molecule has 2 aromatic carbocycles. The molecule has 144 valence electrons. The molecule has 0 unspecified atom stereocenters. The van der Waals surface area contributed by atoms with Crippen molar-refractivity contribution in [1.29, 1.82) is 0 Å². The molecule has 26 heavy (non-hydrogen) atoms. The summed E-state index contributed by atoms with van der Waals surface area (Å²) in [5.74, 6) is 0. The van der Waals surface area contributed by atoms with Crippen LogP contribution >= 0.6 is 56.7 Å². The molecule has 0 amide bonds. The van der Waals surface area contributed by atoms with Gasteiger partial charge in [-0.1, -0.05) is 0 Å². The van der Waals surface area contributed by atoms with Crippen molar-refractivity contribution >= 4 is 66.8 Å². The molecule has 1 aliphatic carbocycles. The maximum atomic E-state index is 4.08. The molecule has 7 heteroatoms. The molecule has 0 saturated carbocycles. The largest absolute Gasteiger partial charge is 0.147 e. The molecule has 0 bridgehead atoms. The molecule has 0 aliphatic heterocycles. The second kappa shape index (κ2) is 8.05. The minimum Gasteiger partial charge on any atom is -0.147 e. The summed E-state index contributed by atoms with van der Waals surface area (Å²) >= 11 is 4.25. The van der Waals surface area contributed by atoms with Crippen LogP contribution in [0.4, 0.5) is 0 Å². The summed E-state index contributed by atoms with van der Waals surface area (Å²) < 4.78 is 13.1. The Morgan fingerprint density at radius 1 is 1.00 bits per heavy atom. The average Bonchev–Trinajstić information content (AvgIpc) is 2.70. The number of halogens is 4. The molecule has 0 heterocycles. The Labute approximate surface area is 189 Å². The SMILES string of the molecule is CC(C)(C)[NH][Zr]([CH3])([CH3])(=[SiH2])[c]1c(Br)ccc2c1Cc1cc(Br)ccc1-2.Cl.Cl. The first-order valence-electron chi connectivity index (χ1n) is 8.34. The number of hydrogen-bond donors (Lipinski definition) is 1. The predicted octanol–water partition coefficient (Wildman–Crippen LogP) is 5.89. The van der Waals surface area contributed by atoms with Crippen molar-refractivity contribution in [1.82, 2.24) is 3.26 Å². The zero-order valence-corrected chi connectivity index (χ0v) is 24.6. The van der Waals surface area contributed by atoms with Crippen LogP contribution in [0.2, 0.25) is 9.26 Å². The second-order valence-corrected chi connectivity index (χ2v) is 38.4. The number of rotatable bonds is 2. The maximum absolute atomic E-state index is 4.08. The molecule has 1 N–H and O–H groups in total. The van der Waals surface area contributed by atoms with E-state index in [1.54, 1.807) is 3.27 Å². The molecule has 0 fully saturated rings. The van der Waals surface area contributed by atoms with Crippen molar-refractivity contribution in [3.05, 3.63) is 50.4 Å². The summed E-state index contributed by atoms with van der Waals surface area (Å²) in [6, 6.07) is 11.2. The molecule has 0 saturated heterocycles. The van der Waals surface area contributed by atoms with Gasteiger partial charge in [0.15, 0.2) is 0 Å². The number of fused-ring (bicyclic) bond motifs is 3. The van der Waals surface area contributed by atoms with E-state index in [-0.39, 0.29) is 30.4 Å². The van der Waals surface area contributed by atoms with Crippen molar-refractivity contribution in [3.63, 3.8) is 0 Å². The fourth-order valence-electron chi connectivity index (χ4n) is 4.35. The third-order valence-corrected chi connectivity index (χ3v) is 18.9. The summed E-state index contributed by atoms with van der Waals surface area (Å²) in [6.07, 6.45) is 1.04. The molecule has 0 aromatic heterocycles. The number of nitrogens with one attached hydrogen (secondary N) is 1. The van der Waals surface area contributed by atoms with Crippen LogP contribution in [0.5, 0.6) is 0 Å². The third kappa shape index (κ3) is 4.96. The van der Waals surface area contributed by atoms with Crippen molar-refractivity contribution < 1.29 is 17.7 Å². The summed E-state index contributed by atoms with van der Waals surface area (Å²) in [6.45, 7) is 9.09. The zero-order valence-electron chi connectivity index (χ0n) is 15.9. The van der Waals surface area contributed by atoms with Crippen LogP contribution in [0.3, 0.4) is 0 Å². The maximum Gasteiger partial charge on any atom is -0.147 e. The normalized spacial score (nSPS) is 13.4. The van der Waals surface area contributed by atoms with E-state index in [1.807, 2.05) is 0 Å². The number of hydrogen-bond acceptors (Lipinski definition) is 1. The van der Waals surface area contributed by atoms with Crippen LogP contribution in [0.15, 0.2) is 39.3 Å². The van der Waals surface area contributed by atoms with Gasteiger partial charge >= 0.3 is 166 Å². The van der Waals surface area contributed by atoms with Crippen molar-refractivity contribution in [2.45, 2.75) is 42.0 Å². The smallest absolute Gasteiger partial charge is 0.147 e. The van der Waals surface area contributed by atoms with E-state index in [9.17, 15) is 0 Å². The van der Waals surface area contributed by atoms with Gasteiger partial charge in [0.25, 0.3) is 0 Å². The average molecular weight is 619 g/mol. The van der Waals surface area contributed by atoms with Crippen LogP contribution in [0.1, 0.15) is 31.9 Å². The van der Waals surface area contributed by atoms with E-state index >= 15 is 0 Å². The van der Waals surface area contributed by atoms with Crippen LogP contribution in [0.25, 0.3) is 11.1 Å². The van der Waals surface area contributed by atoms with Gasteiger partial charge in [-0.05, 0) is 0 Å². The molecule has 0 radical (unpaired) electrons. The van der Waals surface area contributed by atoms with E-state index < -0.39 is 17.7 Å². The van der Waals surface area contributed by atoms with Crippen LogP contribution in [-0.4, -0.2) is 12.4 Å². The van der Waals surface area contributed by atoms with Gasteiger partial charge in [-0.25, -0.2) is 0 Å². The molecule has 2 aromatic rings. The first kappa shape index (κ1) is 25.1. The van der Waals surface area contributed by atoms with Crippen molar-refractivity contribution in [2.75, 3.05) is 0 Å². The zero-order chi connectivity index (χ0) is 17.9. The Morgan fingerprint density at radius 3 is 2.15 bits per heavy atom. The third-order valence-electron chi connectivity index (χ3n) is 4.56. The van der Waals surface area contributed by atoms with Crippen LogP contribution < -0.4 is 6.53 Å². The summed E-state index contributed by atoms with van der Waals surface area (Å²) in [5, 5.41) is 0. The van der Waals surface area contributed by atoms with E-state index in [0.717, 1.165) is 6.42 Å². The van der Waals surface area contributed by atoms with E-state index in [4.69, 9.17) is 0 Å². The quantitative estimate of drug-likeness (QED) is 0.353. The van der Waals surface area contributed by atoms with Crippen LogP contribution in [0, 0.1) is 0 Å². The van der Waals surface area contributed by atoms with Gasteiger partial charge in [0.2, 0.25) is 0 Å². The first-order valence-corrected chi connectivity index (χ1v) is 23.2. The number of benzene rings is 2. The Kier molecular flexibility index (Phi) is 7.76. The van der Waals surface area contributed by atoms with Gasteiger partial charge in [0.05, 0.1) is 0 Å². The Bertz CT molecular complexity index is 916. The Balaban J connectivity index is 0.00000169. The molecule has 0 spiro atoms. The monoisotopic (exact) mass is 615 g/mol. The molecular weight excluding hydrogens is 592 g/mol. The second-order valence-electron chi connectivity index (χ2n) is 8.99. The summed E-state index contributed by atoms with van der Waals surface area (Å²) in [4.78, 5) is 0. The van der Waals surface area contributed by atoms with Crippen molar-refractivity contribution in [3.8, 4) is 11.1 Å². The van der Waals surface area contributed by atoms with E-state index in [0.29, 0.717) is 0 Å². The van der Waals surface area contributed by atoms with Crippen molar-refractivity contribution in [2.24, 2.45) is 0 Å². The first-order chi connectivity index (χ1) is 10.9. The fraction of sp³-hybridized carbons (Fsp3) is 0.368. The van der Waals surface area contributed by atoms with Gasteiger partial charge < -0.3 is 0 Å². The predicted molar refractivity (Wildman–Crippen MR) is 127 cm³/mol. The van der Waals surface area contributed by atoms with E-state index in [2.05, 4.69) is 102 Å². The topological polar surface area (TPSA) is 12.0 Å². The summed E-state index contributed by atoms with van der Waals surface area (Å²) in [5.41, 5.74) is 5.89. The fourth-order valence-corrected chi connectivity index (χ4v) is 27.2. The van der Waals surface area contributed by atoms with Crippen LogP contribution in [-0.2, 0) is 24.1 Å². The molecule has 3 rings (SSSR count). The van der Waals surface area contributed by atoms with Gasteiger partial charge in [0.1, 0.15) is 0 Å². The van der Waals surface area contributed by atoms with Gasteiger partial charge in [0, 0.05) is 0 Å². The Hall–Kier alpha value is 1.04. The standard InChI is InChI=1S/C13H7Br2.C4H10N.2CH3.2ClH.H2Si.Zr/c14-10-1-3-12-8(6-10)5-9-7-11(15)2-4-13(9)12;1-4(2,3)5;;;;;;/h1-4,6H,5H2;5H,1-3H3;2*1H3;2*1H;1H2;/q;-1;;;;;;+1. The molecule has 0 atom stereocenters. The minimum absolute atomic E-state index is 0. The molecule has 1 nitrogen and oxygen atoms in total. The summed E-state index contributed by atoms with van der Waals surface area (Å²) in [7, 11) is 0.